The van der Waals surface area contributed by atoms with E-state index in [4.69, 9.17) is 0 Å². The maximum atomic E-state index is 12.2. The Morgan fingerprint density at radius 3 is 2.23 bits per heavy atom. The first-order chi connectivity index (χ1) is 10.6. The average Bonchev–Trinajstić information content (AvgIpc) is 2.79. The second-order valence-corrected chi connectivity index (χ2v) is 5.53. The van der Waals surface area contributed by atoms with Gasteiger partial charge < -0.3 is 9.80 Å². The Morgan fingerprint density at radius 2 is 1.55 bits per heavy atom. The van der Waals surface area contributed by atoms with Crippen molar-refractivity contribution in [1.82, 2.24) is 9.80 Å². The molecular weight excluding hydrogens is 280 g/mol. The summed E-state index contributed by atoms with van der Waals surface area (Å²) in [6.07, 6.45) is 1.25. The summed E-state index contributed by atoms with van der Waals surface area (Å²) in [7, 11) is 0. The lowest BCUT2D eigenvalue weighted by Gasteiger charge is -2.21. The number of benzene rings is 1. The van der Waals surface area contributed by atoms with E-state index in [1.54, 1.807) is 28.9 Å². The molecule has 1 aliphatic rings. The molecule has 2 rings (SSSR count). The van der Waals surface area contributed by atoms with Gasteiger partial charge in [-0.05, 0) is 6.42 Å². The fraction of sp³-hybridized carbons (Fsp3) is 0.471. The van der Waals surface area contributed by atoms with Gasteiger partial charge in [-0.1, -0.05) is 30.3 Å². The molecule has 1 fully saturated rings. The minimum Gasteiger partial charge on any atom is -0.341 e. The highest BCUT2D eigenvalue weighted by Crippen LogP contribution is 2.09. The smallest absolute Gasteiger partial charge is 0.223 e. The predicted molar refractivity (Wildman–Crippen MR) is 83.5 cm³/mol. The Balaban J connectivity index is 1.82. The second-order valence-electron chi connectivity index (χ2n) is 5.53. The van der Waals surface area contributed by atoms with Crippen LogP contribution in [0, 0.1) is 0 Å². The SMILES string of the molecule is CC(=O)N1CCCN(C(=O)CCC(=O)c2ccccc2)CC1. The van der Waals surface area contributed by atoms with Crippen molar-refractivity contribution in [3.8, 4) is 0 Å². The summed E-state index contributed by atoms with van der Waals surface area (Å²) < 4.78 is 0. The quantitative estimate of drug-likeness (QED) is 0.796. The molecule has 0 radical (unpaired) electrons. The molecule has 0 atom stereocenters. The number of hydrogen-bond donors (Lipinski definition) is 0. The maximum absolute atomic E-state index is 12.2. The summed E-state index contributed by atoms with van der Waals surface area (Å²) in [5.74, 6) is 0.0392. The molecule has 1 aromatic carbocycles. The number of rotatable bonds is 4. The van der Waals surface area contributed by atoms with Crippen molar-refractivity contribution >= 4 is 17.6 Å². The predicted octanol–water partition coefficient (Wildman–Crippen LogP) is 1.73. The Morgan fingerprint density at radius 1 is 0.909 bits per heavy atom. The van der Waals surface area contributed by atoms with Gasteiger partial charge >= 0.3 is 0 Å². The third-order valence-electron chi connectivity index (χ3n) is 3.96. The van der Waals surface area contributed by atoms with Crippen molar-refractivity contribution in [2.45, 2.75) is 26.2 Å². The highest BCUT2D eigenvalue weighted by atomic mass is 16.2. The van der Waals surface area contributed by atoms with Crippen LogP contribution in [-0.2, 0) is 9.59 Å². The van der Waals surface area contributed by atoms with E-state index in [0.29, 0.717) is 31.7 Å². The lowest BCUT2D eigenvalue weighted by Crippen LogP contribution is -2.36. The largest absolute Gasteiger partial charge is 0.341 e. The number of nitrogens with zero attached hydrogens (tertiary/aromatic N) is 2. The van der Waals surface area contributed by atoms with Gasteiger partial charge in [-0.15, -0.1) is 0 Å². The van der Waals surface area contributed by atoms with E-state index in [9.17, 15) is 14.4 Å². The third-order valence-corrected chi connectivity index (χ3v) is 3.96. The van der Waals surface area contributed by atoms with Crippen LogP contribution in [0.3, 0.4) is 0 Å². The Bertz CT molecular complexity index is 542. The zero-order valence-electron chi connectivity index (χ0n) is 13.0. The molecule has 5 nitrogen and oxygen atoms in total. The van der Waals surface area contributed by atoms with Crippen LogP contribution in [0.15, 0.2) is 30.3 Å². The van der Waals surface area contributed by atoms with Gasteiger partial charge in [-0.25, -0.2) is 0 Å². The molecule has 2 amide bonds. The van der Waals surface area contributed by atoms with Crippen molar-refractivity contribution in [3.05, 3.63) is 35.9 Å². The maximum Gasteiger partial charge on any atom is 0.223 e. The normalized spacial score (nSPS) is 15.3. The van der Waals surface area contributed by atoms with E-state index in [2.05, 4.69) is 0 Å². The molecule has 22 heavy (non-hydrogen) atoms. The molecule has 0 unspecified atom stereocenters. The number of ketones is 1. The van der Waals surface area contributed by atoms with Crippen molar-refractivity contribution in [2.75, 3.05) is 26.2 Å². The van der Waals surface area contributed by atoms with E-state index in [-0.39, 0.29) is 30.4 Å². The van der Waals surface area contributed by atoms with E-state index in [1.807, 2.05) is 18.2 Å². The minimum atomic E-state index is -0.00543. The van der Waals surface area contributed by atoms with Gasteiger partial charge in [0.1, 0.15) is 0 Å². The number of carbonyl (C=O) groups is 3. The Kier molecular flexibility index (Phi) is 5.69. The number of amides is 2. The number of carbonyl (C=O) groups excluding carboxylic acids is 3. The summed E-state index contributed by atoms with van der Waals surface area (Å²) in [4.78, 5) is 39.2. The Labute approximate surface area is 130 Å². The molecule has 0 bridgehead atoms. The second kappa shape index (κ2) is 7.73. The molecule has 1 aromatic rings. The lowest BCUT2D eigenvalue weighted by atomic mass is 10.1. The van der Waals surface area contributed by atoms with Gasteiger partial charge in [0.15, 0.2) is 5.78 Å². The van der Waals surface area contributed by atoms with Crippen LogP contribution >= 0.6 is 0 Å². The molecular formula is C17H22N2O3. The standard InChI is InChI=1S/C17H22N2O3/c1-14(20)18-10-5-11-19(13-12-18)17(22)9-8-16(21)15-6-3-2-4-7-15/h2-4,6-7H,5,8-13H2,1H3. The monoisotopic (exact) mass is 302 g/mol. The van der Waals surface area contributed by atoms with Gasteiger partial charge in [0, 0.05) is 51.5 Å². The van der Waals surface area contributed by atoms with Crippen LogP contribution in [0.4, 0.5) is 0 Å². The van der Waals surface area contributed by atoms with Crippen LogP contribution < -0.4 is 0 Å². The van der Waals surface area contributed by atoms with Crippen LogP contribution in [-0.4, -0.2) is 53.6 Å². The van der Waals surface area contributed by atoms with E-state index < -0.39 is 0 Å². The minimum absolute atomic E-state index is 0.00492. The highest BCUT2D eigenvalue weighted by molar-refractivity contribution is 5.97. The number of hydrogen-bond acceptors (Lipinski definition) is 3. The molecule has 118 valence electrons. The van der Waals surface area contributed by atoms with Crippen molar-refractivity contribution in [1.29, 1.82) is 0 Å². The fourth-order valence-corrected chi connectivity index (χ4v) is 2.63. The van der Waals surface area contributed by atoms with E-state index in [0.717, 1.165) is 6.42 Å². The lowest BCUT2D eigenvalue weighted by molar-refractivity contribution is -0.132. The molecule has 0 saturated carbocycles. The molecule has 5 heteroatoms. The first kappa shape index (κ1) is 16.2. The molecule has 0 spiro atoms. The third kappa shape index (κ3) is 4.41. The summed E-state index contributed by atoms with van der Waals surface area (Å²) in [6, 6.07) is 9.04. The van der Waals surface area contributed by atoms with Gasteiger partial charge in [-0.3, -0.25) is 14.4 Å². The van der Waals surface area contributed by atoms with E-state index >= 15 is 0 Å². The summed E-state index contributed by atoms with van der Waals surface area (Å²) >= 11 is 0. The topological polar surface area (TPSA) is 57.7 Å². The summed E-state index contributed by atoms with van der Waals surface area (Å²) in [5, 5.41) is 0. The number of Topliss-reactive ketones (excluding diaryl/α,β-unsaturated/α-hetero) is 1. The van der Waals surface area contributed by atoms with Crippen LogP contribution in [0.5, 0.6) is 0 Å². The molecule has 1 heterocycles. The zero-order valence-corrected chi connectivity index (χ0v) is 13.0. The summed E-state index contributed by atoms with van der Waals surface area (Å²) in [5.41, 5.74) is 0.647. The van der Waals surface area contributed by atoms with E-state index in [1.165, 1.54) is 0 Å². The van der Waals surface area contributed by atoms with Gasteiger partial charge in [-0.2, -0.15) is 0 Å². The van der Waals surface area contributed by atoms with Crippen molar-refractivity contribution in [2.24, 2.45) is 0 Å². The molecule has 1 saturated heterocycles. The Hall–Kier alpha value is -2.17. The van der Waals surface area contributed by atoms with Crippen LogP contribution in [0.1, 0.15) is 36.5 Å². The van der Waals surface area contributed by atoms with Crippen LogP contribution in [0.25, 0.3) is 0 Å². The molecule has 0 N–H and O–H groups in total. The van der Waals surface area contributed by atoms with Gasteiger partial charge in [0.05, 0.1) is 0 Å². The first-order valence-electron chi connectivity index (χ1n) is 7.69. The summed E-state index contributed by atoms with van der Waals surface area (Å²) in [6.45, 7) is 4.03. The highest BCUT2D eigenvalue weighted by Gasteiger charge is 2.20. The zero-order chi connectivity index (χ0) is 15.9. The van der Waals surface area contributed by atoms with Crippen molar-refractivity contribution < 1.29 is 14.4 Å². The van der Waals surface area contributed by atoms with Crippen molar-refractivity contribution in [3.63, 3.8) is 0 Å². The van der Waals surface area contributed by atoms with Crippen LogP contribution in [0.2, 0.25) is 0 Å². The molecule has 1 aliphatic heterocycles. The fourth-order valence-electron chi connectivity index (χ4n) is 2.63. The molecule has 0 aliphatic carbocycles. The van der Waals surface area contributed by atoms with Gasteiger partial charge in [0.2, 0.25) is 11.8 Å². The first-order valence-corrected chi connectivity index (χ1v) is 7.69. The van der Waals surface area contributed by atoms with Gasteiger partial charge in [0.25, 0.3) is 0 Å². The average molecular weight is 302 g/mol. The molecule has 0 aromatic heterocycles.